The molecule has 1 aliphatic rings. The third-order valence-electron chi connectivity index (χ3n) is 6.70. The maximum atomic E-state index is 13.0. The van der Waals surface area contributed by atoms with Gasteiger partial charge >= 0.3 is 11.9 Å². The molecule has 0 amide bonds. The number of hydrogen-bond donors (Lipinski definition) is 1. The summed E-state index contributed by atoms with van der Waals surface area (Å²) in [5.41, 5.74) is -0.466. The Hall–Kier alpha value is -1.70. The summed E-state index contributed by atoms with van der Waals surface area (Å²) >= 11 is 0. The first-order valence-electron chi connectivity index (χ1n) is 11.7. The van der Waals surface area contributed by atoms with Crippen LogP contribution in [0.3, 0.4) is 0 Å². The summed E-state index contributed by atoms with van der Waals surface area (Å²) in [6.45, 7) is 21.2. The van der Waals surface area contributed by atoms with E-state index in [1.165, 1.54) is 6.92 Å². The van der Waals surface area contributed by atoms with E-state index >= 15 is 0 Å². The van der Waals surface area contributed by atoms with Gasteiger partial charge in [0.2, 0.25) is 0 Å². The Morgan fingerprint density at radius 3 is 2.42 bits per heavy atom. The van der Waals surface area contributed by atoms with Crippen LogP contribution >= 0.6 is 0 Å². The summed E-state index contributed by atoms with van der Waals surface area (Å²) in [7, 11) is -2.18. The zero-order valence-corrected chi connectivity index (χ0v) is 22.9. The molecule has 0 saturated carbocycles. The molecule has 0 saturated heterocycles. The third-order valence-corrected chi connectivity index (χ3v) is 11.2. The van der Waals surface area contributed by atoms with Crippen LogP contribution in [0.5, 0.6) is 0 Å². The molecule has 0 spiro atoms. The molecule has 0 fully saturated rings. The summed E-state index contributed by atoms with van der Waals surface area (Å²) in [6.07, 6.45) is 6.07. The van der Waals surface area contributed by atoms with Crippen molar-refractivity contribution in [2.24, 2.45) is 5.92 Å². The molecule has 6 nitrogen and oxygen atoms in total. The Bertz CT molecular complexity index is 759. The molecule has 1 N–H and O–H groups in total. The molecule has 0 aliphatic carbocycles. The van der Waals surface area contributed by atoms with Gasteiger partial charge in [0, 0.05) is 12.8 Å². The van der Waals surface area contributed by atoms with Gasteiger partial charge in [-0.3, -0.25) is 9.59 Å². The van der Waals surface area contributed by atoms with Crippen molar-refractivity contribution in [2.45, 2.75) is 110 Å². The van der Waals surface area contributed by atoms with E-state index in [9.17, 15) is 14.7 Å². The van der Waals surface area contributed by atoms with E-state index in [-0.39, 0.29) is 23.3 Å². The first-order valence-corrected chi connectivity index (χ1v) is 14.7. The third kappa shape index (κ3) is 8.87. The van der Waals surface area contributed by atoms with Crippen molar-refractivity contribution in [1.82, 2.24) is 0 Å². The second-order valence-electron chi connectivity index (χ2n) is 10.9. The number of rotatable bonds is 5. The maximum Gasteiger partial charge on any atom is 0.308 e. The van der Waals surface area contributed by atoms with Crippen molar-refractivity contribution in [3.8, 4) is 0 Å². The SMILES string of the molecule is C=C/C=C(\C)[C@H]1OC(=O)C[C@H](O[Si](C)(C)C(C)(C)C)CC[C@@](C)(O)[C@H](OC(C)=O)/C=C/[C@@H]1C. The molecule has 0 aromatic rings. The largest absolute Gasteiger partial charge is 0.457 e. The second-order valence-corrected chi connectivity index (χ2v) is 15.7. The van der Waals surface area contributed by atoms with Crippen LogP contribution < -0.4 is 0 Å². The Labute approximate surface area is 201 Å². The molecule has 0 aromatic carbocycles. The topological polar surface area (TPSA) is 82.1 Å². The van der Waals surface area contributed by atoms with Gasteiger partial charge in [-0.05, 0) is 56.5 Å². The first-order chi connectivity index (χ1) is 15.0. The fourth-order valence-electron chi connectivity index (χ4n) is 3.59. The highest BCUT2D eigenvalue weighted by molar-refractivity contribution is 6.74. The van der Waals surface area contributed by atoms with Gasteiger partial charge in [0.15, 0.2) is 8.32 Å². The van der Waals surface area contributed by atoms with Gasteiger partial charge in [-0.25, -0.2) is 0 Å². The summed E-state index contributed by atoms with van der Waals surface area (Å²) in [6, 6.07) is 0. The fraction of sp³-hybridized carbons (Fsp3) is 0.692. The van der Waals surface area contributed by atoms with Gasteiger partial charge in [0.1, 0.15) is 17.8 Å². The van der Waals surface area contributed by atoms with Gasteiger partial charge in [0.25, 0.3) is 0 Å². The van der Waals surface area contributed by atoms with E-state index in [1.54, 1.807) is 19.1 Å². The zero-order valence-electron chi connectivity index (χ0n) is 21.9. The lowest BCUT2D eigenvalue weighted by Crippen LogP contribution is -2.46. The van der Waals surface area contributed by atoms with E-state index < -0.39 is 38.2 Å². The molecule has 188 valence electrons. The van der Waals surface area contributed by atoms with Crippen LogP contribution in [0.1, 0.15) is 67.7 Å². The minimum absolute atomic E-state index is 0.0353. The number of allylic oxidation sites excluding steroid dienone is 2. The number of carbonyl (C=O) groups is 2. The summed E-state index contributed by atoms with van der Waals surface area (Å²) < 4.78 is 17.9. The van der Waals surface area contributed by atoms with Crippen LogP contribution in [0, 0.1) is 5.92 Å². The number of aliphatic hydroxyl groups is 1. The van der Waals surface area contributed by atoms with E-state index in [4.69, 9.17) is 13.9 Å². The molecular formula is C26H44O6Si. The van der Waals surface area contributed by atoms with E-state index in [2.05, 4.69) is 40.4 Å². The van der Waals surface area contributed by atoms with Gasteiger partial charge in [-0.2, -0.15) is 0 Å². The second kappa shape index (κ2) is 11.6. The van der Waals surface area contributed by atoms with Crippen molar-refractivity contribution in [3.63, 3.8) is 0 Å². The molecule has 0 radical (unpaired) electrons. The Kier molecular flexibility index (Phi) is 10.3. The molecule has 0 bridgehead atoms. The Morgan fingerprint density at radius 2 is 1.91 bits per heavy atom. The van der Waals surface area contributed by atoms with E-state index in [1.807, 2.05) is 26.0 Å². The summed E-state index contributed by atoms with van der Waals surface area (Å²) in [4.78, 5) is 24.7. The van der Waals surface area contributed by atoms with Crippen LogP contribution in [0.15, 0.2) is 36.5 Å². The number of hydrogen-bond acceptors (Lipinski definition) is 6. The van der Waals surface area contributed by atoms with Crippen LogP contribution in [-0.2, 0) is 23.5 Å². The lowest BCUT2D eigenvalue weighted by atomic mass is 9.89. The quantitative estimate of drug-likeness (QED) is 0.243. The van der Waals surface area contributed by atoms with E-state index in [0.717, 1.165) is 5.57 Å². The number of cyclic esters (lactones) is 1. The van der Waals surface area contributed by atoms with Crippen molar-refractivity contribution in [3.05, 3.63) is 36.5 Å². The highest BCUT2D eigenvalue weighted by Gasteiger charge is 2.41. The lowest BCUT2D eigenvalue weighted by Gasteiger charge is -2.40. The standard InChI is InChI=1S/C26H44O6Si/c1-11-12-18(2)24-19(3)13-14-22(30-20(4)27)26(8,29)16-15-21(17-23(28)31-24)32-33(9,10)25(5,6)7/h11-14,19,21-22,24,29H,1,15-17H2,2-10H3/b14-13+,18-12+/t19-,21+,22+,24+,26+/m0/s1. The molecule has 1 aliphatic heterocycles. The van der Waals surface area contributed by atoms with Gasteiger partial charge < -0.3 is 19.0 Å². The molecule has 7 heteroatoms. The van der Waals surface area contributed by atoms with Crippen molar-refractivity contribution in [2.75, 3.05) is 0 Å². The molecule has 0 aromatic heterocycles. The fourth-order valence-corrected chi connectivity index (χ4v) is 4.98. The highest BCUT2D eigenvalue weighted by Crippen LogP contribution is 2.39. The van der Waals surface area contributed by atoms with Crippen LogP contribution in [0.25, 0.3) is 0 Å². The lowest BCUT2D eigenvalue weighted by molar-refractivity contribution is -0.157. The van der Waals surface area contributed by atoms with Gasteiger partial charge in [0.05, 0.1) is 12.5 Å². The highest BCUT2D eigenvalue weighted by atomic mass is 28.4. The van der Waals surface area contributed by atoms with Gasteiger partial charge in [-0.1, -0.05) is 52.5 Å². The molecule has 0 unspecified atom stereocenters. The van der Waals surface area contributed by atoms with Crippen molar-refractivity contribution in [1.29, 1.82) is 0 Å². The summed E-state index contributed by atoms with van der Waals surface area (Å²) in [5.74, 6) is -1.01. The number of ether oxygens (including phenoxy) is 2. The molecular weight excluding hydrogens is 436 g/mol. The number of carbonyl (C=O) groups excluding carboxylic acids is 2. The van der Waals surface area contributed by atoms with Crippen LogP contribution in [0.4, 0.5) is 0 Å². The predicted octanol–water partition coefficient (Wildman–Crippen LogP) is 5.48. The molecule has 5 atom stereocenters. The summed E-state index contributed by atoms with van der Waals surface area (Å²) in [5, 5.41) is 11.2. The monoisotopic (exact) mass is 480 g/mol. The molecule has 1 heterocycles. The maximum absolute atomic E-state index is 13.0. The predicted molar refractivity (Wildman–Crippen MR) is 134 cm³/mol. The molecule has 1 rings (SSSR count). The first kappa shape index (κ1) is 29.3. The Morgan fingerprint density at radius 1 is 1.30 bits per heavy atom. The zero-order chi connectivity index (χ0) is 25.6. The van der Waals surface area contributed by atoms with Crippen LogP contribution in [0.2, 0.25) is 18.1 Å². The van der Waals surface area contributed by atoms with Crippen molar-refractivity contribution < 1.29 is 28.6 Å². The van der Waals surface area contributed by atoms with E-state index in [0.29, 0.717) is 12.8 Å². The normalized spacial score (nSPS) is 31.6. The average Bonchev–Trinajstić information content (AvgIpc) is 2.65. The van der Waals surface area contributed by atoms with Crippen LogP contribution in [-0.4, -0.2) is 49.3 Å². The minimum Gasteiger partial charge on any atom is -0.457 e. The number of esters is 2. The minimum atomic E-state index is -2.18. The Balaban J connectivity index is 3.41. The smallest absolute Gasteiger partial charge is 0.308 e. The average molecular weight is 481 g/mol. The van der Waals surface area contributed by atoms with Crippen molar-refractivity contribution >= 4 is 20.3 Å². The molecule has 33 heavy (non-hydrogen) atoms. The van der Waals surface area contributed by atoms with Gasteiger partial charge in [-0.15, -0.1) is 0 Å².